The van der Waals surface area contributed by atoms with Gasteiger partial charge in [0.15, 0.2) is 0 Å². The van der Waals surface area contributed by atoms with Gasteiger partial charge in [-0.25, -0.2) is 0 Å². The molecule has 0 aromatic rings. The Labute approximate surface area is 137 Å². The number of thiol groups is 1. The highest BCUT2D eigenvalue weighted by Gasteiger charge is 2.40. The van der Waals surface area contributed by atoms with E-state index < -0.39 is 5.97 Å². The summed E-state index contributed by atoms with van der Waals surface area (Å²) < 4.78 is 17.4. The van der Waals surface area contributed by atoms with Gasteiger partial charge in [0, 0.05) is 26.2 Å². The van der Waals surface area contributed by atoms with E-state index in [1.807, 2.05) is 13.8 Å². The lowest BCUT2D eigenvalue weighted by Crippen LogP contribution is -2.46. The summed E-state index contributed by atoms with van der Waals surface area (Å²) >= 11 is 4.39. The Morgan fingerprint density at radius 1 is 0.857 bits per heavy atom. The summed E-state index contributed by atoms with van der Waals surface area (Å²) in [6, 6.07) is 0. The van der Waals surface area contributed by atoms with Crippen LogP contribution >= 0.6 is 12.6 Å². The van der Waals surface area contributed by atoms with Crippen molar-refractivity contribution >= 4 is 12.6 Å². The predicted molar refractivity (Wildman–Crippen MR) is 92.9 cm³/mol. The van der Waals surface area contributed by atoms with Crippen molar-refractivity contribution in [3.8, 4) is 0 Å². The number of hydrogen-bond donors (Lipinski definition) is 1. The van der Waals surface area contributed by atoms with E-state index in [2.05, 4.69) is 19.6 Å². The van der Waals surface area contributed by atoms with Crippen molar-refractivity contribution in [2.24, 2.45) is 5.92 Å². The smallest absolute Gasteiger partial charge is 0.285 e. The van der Waals surface area contributed by atoms with Crippen LogP contribution in [0.1, 0.15) is 72.1 Å². The molecule has 0 aromatic carbocycles. The van der Waals surface area contributed by atoms with Crippen molar-refractivity contribution in [2.45, 2.75) is 78.1 Å². The van der Waals surface area contributed by atoms with Crippen LogP contribution in [0.15, 0.2) is 0 Å². The Kier molecular flexibility index (Phi) is 14.0. The third-order valence-electron chi connectivity index (χ3n) is 3.86. The van der Waals surface area contributed by atoms with Gasteiger partial charge < -0.3 is 14.2 Å². The minimum atomic E-state index is -0.893. The van der Waals surface area contributed by atoms with E-state index in [4.69, 9.17) is 14.2 Å². The molecule has 21 heavy (non-hydrogen) atoms. The molecular weight excluding hydrogens is 284 g/mol. The average molecular weight is 321 g/mol. The molecule has 0 rings (SSSR count). The molecule has 0 saturated heterocycles. The first-order valence-electron chi connectivity index (χ1n) is 8.64. The monoisotopic (exact) mass is 320 g/mol. The summed E-state index contributed by atoms with van der Waals surface area (Å²) in [7, 11) is 1.68. The van der Waals surface area contributed by atoms with Gasteiger partial charge in [-0.1, -0.05) is 45.4 Å². The minimum Gasteiger partial charge on any atom is -0.331 e. The van der Waals surface area contributed by atoms with Crippen LogP contribution < -0.4 is 0 Å². The zero-order valence-corrected chi connectivity index (χ0v) is 15.4. The summed E-state index contributed by atoms with van der Waals surface area (Å²) in [5.74, 6) is 0.174. The molecule has 0 aromatic heterocycles. The van der Waals surface area contributed by atoms with Gasteiger partial charge in [0.1, 0.15) is 0 Å². The molecule has 0 radical (unpaired) electrons. The van der Waals surface area contributed by atoms with Gasteiger partial charge in [-0.15, -0.1) is 0 Å². The maximum Gasteiger partial charge on any atom is 0.285 e. The second kappa shape index (κ2) is 13.9. The molecule has 0 heterocycles. The predicted octanol–water partition coefficient (Wildman–Crippen LogP) is 5.05. The average Bonchev–Trinajstić information content (AvgIpc) is 2.49. The number of methoxy groups -OCH3 is 1. The van der Waals surface area contributed by atoms with Gasteiger partial charge in [0.05, 0.1) is 0 Å². The van der Waals surface area contributed by atoms with E-state index in [1.165, 1.54) is 38.5 Å². The third-order valence-corrected chi connectivity index (χ3v) is 4.12. The maximum absolute atomic E-state index is 5.85. The fourth-order valence-corrected chi connectivity index (χ4v) is 3.10. The van der Waals surface area contributed by atoms with E-state index in [0.717, 1.165) is 18.6 Å². The number of hydrogen-bond acceptors (Lipinski definition) is 4. The number of unbranched alkanes of at least 4 members (excludes halogenated alkanes) is 5. The molecule has 0 fully saturated rings. The summed E-state index contributed by atoms with van der Waals surface area (Å²) in [6.45, 7) is 7.39. The molecule has 0 aliphatic carbocycles. The summed E-state index contributed by atoms with van der Waals surface area (Å²) in [4.78, 5) is 0. The van der Waals surface area contributed by atoms with Gasteiger partial charge in [-0.2, -0.15) is 12.6 Å². The molecule has 0 N–H and O–H groups in total. The van der Waals surface area contributed by atoms with Gasteiger partial charge in [0.25, 0.3) is 5.97 Å². The quantitative estimate of drug-likeness (QED) is 0.260. The van der Waals surface area contributed by atoms with Crippen molar-refractivity contribution in [3.63, 3.8) is 0 Å². The molecule has 0 saturated carbocycles. The molecule has 0 aliphatic rings. The highest BCUT2D eigenvalue weighted by atomic mass is 32.1. The number of rotatable bonds is 15. The number of ether oxygens (including phenoxy) is 3. The topological polar surface area (TPSA) is 27.7 Å². The summed E-state index contributed by atoms with van der Waals surface area (Å²) in [5.41, 5.74) is 0. The minimum absolute atomic E-state index is 0.242. The lowest BCUT2D eigenvalue weighted by molar-refractivity contribution is -0.395. The molecule has 4 heteroatoms. The van der Waals surface area contributed by atoms with Crippen molar-refractivity contribution in [2.75, 3.05) is 26.1 Å². The zero-order chi connectivity index (χ0) is 16.0. The Morgan fingerprint density at radius 3 is 1.90 bits per heavy atom. The van der Waals surface area contributed by atoms with E-state index in [-0.39, 0.29) is 5.92 Å². The molecule has 128 valence electrons. The molecular formula is C17H36O3S. The van der Waals surface area contributed by atoms with E-state index in [9.17, 15) is 0 Å². The van der Waals surface area contributed by atoms with Crippen LogP contribution in [-0.2, 0) is 14.2 Å². The second-order valence-corrected chi connectivity index (χ2v) is 5.89. The first-order valence-corrected chi connectivity index (χ1v) is 9.27. The van der Waals surface area contributed by atoms with Gasteiger partial charge >= 0.3 is 0 Å². The first kappa shape index (κ1) is 21.2. The zero-order valence-electron chi connectivity index (χ0n) is 14.5. The highest BCUT2D eigenvalue weighted by Crippen LogP contribution is 2.32. The van der Waals surface area contributed by atoms with Crippen molar-refractivity contribution in [1.82, 2.24) is 0 Å². The largest absolute Gasteiger partial charge is 0.331 e. The lowest BCUT2D eigenvalue weighted by atomic mass is 9.95. The third kappa shape index (κ3) is 8.44. The molecule has 0 spiro atoms. The SMILES string of the molecule is CCCCCCCCC(CCS)C(OC)(OCC)OCC. The van der Waals surface area contributed by atoms with Crippen molar-refractivity contribution < 1.29 is 14.2 Å². The van der Waals surface area contributed by atoms with E-state index in [0.29, 0.717) is 13.2 Å². The highest BCUT2D eigenvalue weighted by molar-refractivity contribution is 7.80. The standard InChI is InChI=1S/C17H36O3S/c1-5-8-9-10-11-12-13-16(14-15-21)17(18-4,19-6-2)20-7-3/h16,21H,5-15H2,1-4H3. The normalized spacial score (nSPS) is 13.6. The molecule has 1 atom stereocenters. The fourth-order valence-electron chi connectivity index (χ4n) is 2.79. The lowest BCUT2D eigenvalue weighted by Gasteiger charge is -2.38. The Morgan fingerprint density at radius 2 is 1.43 bits per heavy atom. The van der Waals surface area contributed by atoms with Gasteiger partial charge in [0.2, 0.25) is 0 Å². The van der Waals surface area contributed by atoms with Crippen LogP contribution in [0.5, 0.6) is 0 Å². The summed E-state index contributed by atoms with van der Waals surface area (Å²) in [6.07, 6.45) is 9.81. The summed E-state index contributed by atoms with van der Waals surface area (Å²) in [5, 5.41) is 0. The van der Waals surface area contributed by atoms with Gasteiger partial charge in [-0.3, -0.25) is 0 Å². The van der Waals surface area contributed by atoms with E-state index in [1.54, 1.807) is 7.11 Å². The second-order valence-electron chi connectivity index (χ2n) is 5.44. The Balaban J connectivity index is 4.44. The van der Waals surface area contributed by atoms with Crippen LogP contribution in [-0.4, -0.2) is 32.0 Å². The van der Waals surface area contributed by atoms with Crippen LogP contribution in [0.4, 0.5) is 0 Å². The van der Waals surface area contributed by atoms with Crippen molar-refractivity contribution in [1.29, 1.82) is 0 Å². The van der Waals surface area contributed by atoms with Gasteiger partial charge in [-0.05, 0) is 32.4 Å². The Hall–Kier alpha value is 0.230. The molecule has 1 unspecified atom stereocenters. The van der Waals surface area contributed by atoms with Crippen LogP contribution in [0.2, 0.25) is 0 Å². The van der Waals surface area contributed by atoms with Crippen LogP contribution in [0, 0.1) is 5.92 Å². The first-order chi connectivity index (χ1) is 10.2. The van der Waals surface area contributed by atoms with Crippen LogP contribution in [0.3, 0.4) is 0 Å². The fraction of sp³-hybridized carbons (Fsp3) is 1.00. The van der Waals surface area contributed by atoms with Crippen LogP contribution in [0.25, 0.3) is 0 Å². The Bertz CT molecular complexity index is 218. The molecule has 3 nitrogen and oxygen atoms in total. The molecule has 0 bridgehead atoms. The molecule has 0 aliphatic heterocycles. The molecule has 0 amide bonds. The maximum atomic E-state index is 5.85. The van der Waals surface area contributed by atoms with E-state index >= 15 is 0 Å². The van der Waals surface area contributed by atoms with Crippen molar-refractivity contribution in [3.05, 3.63) is 0 Å².